The van der Waals surface area contributed by atoms with E-state index in [9.17, 15) is 5.26 Å². The van der Waals surface area contributed by atoms with Crippen LogP contribution in [0.4, 0.5) is 34.1 Å². The molecule has 0 saturated heterocycles. The molecule has 0 saturated carbocycles. The SMILES string of the molecule is CC(C)(C)c1ccc(N2c3cc(-n4c5ccc(C#N)cc5c5cc(C(C)(C)C)ccc54)ccc3B3c4ccc(-n5c6ccccc6c6ccccc65)cc4N(c4ccccc4-c4ccccc4)c4c3c2cc([Si](c2ccccc2)(c2ccccc2)c2cccc(-c3ccccc3)c2)c4[Si](c2ccccc2)(c2ccccc2)c2cccc(-c3ccccc3)c2)c(-c2ccccc2)c1. The molecular formula is C123H94BN5Si2. The van der Waals surface area contributed by atoms with Gasteiger partial charge in [0.2, 0.25) is 0 Å². The minimum atomic E-state index is -4.21. The number of benzene rings is 19. The molecule has 23 rings (SSSR count). The molecule has 131 heavy (non-hydrogen) atoms. The molecule has 622 valence electrons. The Labute approximate surface area is 769 Å². The molecule has 0 unspecified atom stereocenters. The highest BCUT2D eigenvalue weighted by Crippen LogP contribution is 2.51. The van der Waals surface area contributed by atoms with Crippen LogP contribution in [0.3, 0.4) is 0 Å². The van der Waals surface area contributed by atoms with E-state index in [1.54, 1.807) is 0 Å². The molecule has 0 fully saturated rings. The molecule has 19 aromatic carbocycles. The number of hydrogen-bond donors (Lipinski definition) is 0. The van der Waals surface area contributed by atoms with E-state index in [1.807, 2.05) is 6.07 Å². The first-order chi connectivity index (χ1) is 64.2. The van der Waals surface area contributed by atoms with Gasteiger partial charge in [0.05, 0.1) is 45.1 Å². The summed E-state index contributed by atoms with van der Waals surface area (Å²) >= 11 is 0. The number of fused-ring (bicyclic) bond motifs is 10. The fraction of sp³-hybridized carbons (Fsp3) is 0.0650. The van der Waals surface area contributed by atoms with Gasteiger partial charge >= 0.3 is 0 Å². The van der Waals surface area contributed by atoms with Gasteiger partial charge in [-0.3, -0.25) is 0 Å². The number of aromatic nitrogens is 2. The highest BCUT2D eigenvalue weighted by atomic mass is 28.3. The lowest BCUT2D eigenvalue weighted by Gasteiger charge is -2.51. The Balaban J connectivity index is 1.01. The fourth-order valence-corrected chi connectivity index (χ4v) is 33.0. The van der Waals surface area contributed by atoms with Crippen LogP contribution < -0.4 is 67.7 Å². The van der Waals surface area contributed by atoms with Crippen LogP contribution in [-0.2, 0) is 10.8 Å². The summed E-state index contributed by atoms with van der Waals surface area (Å²) in [5.41, 5.74) is 28.0. The maximum Gasteiger partial charge on any atom is 0.252 e. The Morgan fingerprint density at radius 2 is 0.641 bits per heavy atom. The van der Waals surface area contributed by atoms with E-state index in [2.05, 4.69) is 522 Å². The van der Waals surface area contributed by atoms with Gasteiger partial charge < -0.3 is 18.9 Å². The van der Waals surface area contributed by atoms with E-state index in [-0.39, 0.29) is 10.8 Å². The lowest BCUT2D eigenvalue weighted by molar-refractivity contribution is 0.590. The van der Waals surface area contributed by atoms with Crippen LogP contribution in [-0.4, -0.2) is 32.0 Å². The summed E-state index contributed by atoms with van der Waals surface area (Å²) in [5, 5.41) is 25.4. The molecule has 0 bridgehead atoms. The van der Waals surface area contributed by atoms with Crippen molar-refractivity contribution in [3.05, 3.63) is 478 Å². The average molecular weight is 1710 g/mol. The summed E-state index contributed by atoms with van der Waals surface area (Å²) in [4.78, 5) is 5.60. The number of para-hydroxylation sites is 3. The Morgan fingerprint density at radius 1 is 0.260 bits per heavy atom. The molecule has 2 aromatic heterocycles. The molecular weight excluding hydrogens is 1610 g/mol. The van der Waals surface area contributed by atoms with Crippen molar-refractivity contribution in [2.45, 2.75) is 52.4 Å². The molecule has 0 radical (unpaired) electrons. The Morgan fingerprint density at radius 3 is 1.15 bits per heavy atom. The molecule has 2 aliphatic rings. The van der Waals surface area contributed by atoms with Gasteiger partial charge in [-0.25, -0.2) is 0 Å². The zero-order chi connectivity index (χ0) is 88.3. The summed E-state index contributed by atoms with van der Waals surface area (Å²) in [5.74, 6) is 0. The van der Waals surface area contributed by atoms with Gasteiger partial charge in [-0.1, -0.05) is 412 Å². The van der Waals surface area contributed by atoms with E-state index in [0.717, 1.165) is 128 Å². The molecule has 0 spiro atoms. The minimum Gasteiger partial charge on any atom is -0.311 e. The van der Waals surface area contributed by atoms with Gasteiger partial charge in [0, 0.05) is 66.8 Å². The molecule has 21 aromatic rings. The summed E-state index contributed by atoms with van der Waals surface area (Å²) in [6.07, 6.45) is 0. The van der Waals surface area contributed by atoms with Gasteiger partial charge in [0.1, 0.15) is 0 Å². The third-order valence-electron chi connectivity index (χ3n) is 27.9. The molecule has 2 aliphatic heterocycles. The zero-order valence-electron chi connectivity index (χ0n) is 74.2. The predicted molar refractivity (Wildman–Crippen MR) is 560 cm³/mol. The van der Waals surface area contributed by atoms with Crippen molar-refractivity contribution >= 4 is 158 Å². The summed E-state index contributed by atoms with van der Waals surface area (Å²) in [7, 11) is -8.35. The average Bonchev–Trinajstić information content (AvgIpc) is 1.40. The van der Waals surface area contributed by atoms with E-state index < -0.39 is 22.9 Å². The zero-order valence-corrected chi connectivity index (χ0v) is 76.2. The van der Waals surface area contributed by atoms with Crippen molar-refractivity contribution in [2.75, 3.05) is 9.80 Å². The maximum atomic E-state index is 10.9. The van der Waals surface area contributed by atoms with Crippen LogP contribution >= 0.6 is 0 Å². The van der Waals surface area contributed by atoms with Crippen molar-refractivity contribution in [3.63, 3.8) is 0 Å². The number of nitrogens with zero attached hydrogens (tertiary/aromatic N) is 5. The Kier molecular flexibility index (Phi) is 19.5. The molecule has 0 aliphatic carbocycles. The molecule has 8 heteroatoms. The first-order valence-corrected chi connectivity index (χ1v) is 49.7. The van der Waals surface area contributed by atoms with Crippen LogP contribution in [0.25, 0.3) is 99.5 Å². The van der Waals surface area contributed by atoms with Gasteiger partial charge in [0.15, 0.2) is 16.1 Å². The van der Waals surface area contributed by atoms with Crippen LogP contribution in [0.1, 0.15) is 58.2 Å². The van der Waals surface area contributed by atoms with Gasteiger partial charge in [-0.15, -0.1) is 0 Å². The molecule has 0 atom stereocenters. The second-order valence-corrected chi connectivity index (χ2v) is 44.8. The number of anilines is 6. The van der Waals surface area contributed by atoms with E-state index in [1.165, 1.54) is 74.3 Å². The highest BCUT2D eigenvalue weighted by molar-refractivity contribution is 7.28. The smallest absolute Gasteiger partial charge is 0.252 e. The minimum absolute atomic E-state index is 0.159. The number of hydrogen-bond acceptors (Lipinski definition) is 3. The lowest BCUT2D eigenvalue weighted by Crippen LogP contribution is -2.86. The first kappa shape index (κ1) is 80.0. The van der Waals surface area contributed by atoms with Crippen LogP contribution in [0, 0.1) is 11.3 Å². The highest BCUT2D eigenvalue weighted by Gasteiger charge is 2.57. The Bertz CT molecular complexity index is 7920. The fourth-order valence-electron chi connectivity index (χ4n) is 21.9. The molecule has 0 amide bonds. The molecule has 5 nitrogen and oxygen atoms in total. The standard InChI is InChI=1S/C123H94BN5Si2/c1-122(2,3)91-66-73-112(104(78-91)88-45-21-10-22-46-88)128-115-80-93(127-113-72-65-84(83-125)75-105(113)106-79-92(123(4,5)6)67-74-114(106)127)68-70-107(115)124-108-71-69-94(126-110-63-35-32-60-102(110)103-61-33-36-64-111(103)126)81-116(108)129(109-62-34-31-59-101(109)87-43-19-9-20-44-87)120-119(124)117(128)82-118(130(95-49-23-11-24-50-95,96-51-25-12-26-52-96)99-57-37-47-89(76-99)85-39-15-7-16-40-85)121(120)131(97-53-27-13-28-54-97,98-55-29-14-30-56-98)100-58-38-48-90(77-100)86-41-17-8-18-42-86/h7-82H,1-6H3. The summed E-state index contributed by atoms with van der Waals surface area (Å²) < 4.78 is 5.01. The van der Waals surface area contributed by atoms with Crippen molar-refractivity contribution in [1.82, 2.24) is 9.13 Å². The first-order valence-electron chi connectivity index (χ1n) is 45.7. The Hall–Kier alpha value is -15.6. The van der Waals surface area contributed by atoms with Crippen LogP contribution in [0.2, 0.25) is 0 Å². The number of nitriles is 1. The van der Waals surface area contributed by atoms with E-state index >= 15 is 0 Å². The summed E-state index contributed by atoms with van der Waals surface area (Å²) in [6.45, 7) is 13.5. The third kappa shape index (κ3) is 13.1. The topological polar surface area (TPSA) is 40.1 Å². The van der Waals surface area contributed by atoms with Crippen LogP contribution in [0.5, 0.6) is 0 Å². The monoisotopic (exact) mass is 1710 g/mol. The second kappa shape index (κ2) is 32.0. The van der Waals surface area contributed by atoms with Crippen molar-refractivity contribution < 1.29 is 0 Å². The van der Waals surface area contributed by atoms with Crippen molar-refractivity contribution in [2.24, 2.45) is 0 Å². The van der Waals surface area contributed by atoms with Gasteiger partial charge in [-0.2, -0.15) is 5.26 Å². The van der Waals surface area contributed by atoms with E-state index in [0.29, 0.717) is 5.56 Å². The van der Waals surface area contributed by atoms with Gasteiger partial charge in [0.25, 0.3) is 6.71 Å². The van der Waals surface area contributed by atoms with Crippen molar-refractivity contribution in [3.8, 4) is 62.0 Å². The normalized spacial score (nSPS) is 12.6. The lowest BCUT2D eigenvalue weighted by atomic mass is 9.33. The van der Waals surface area contributed by atoms with Crippen LogP contribution in [0.15, 0.2) is 461 Å². The quantitative estimate of drug-likeness (QED) is 0.0715. The predicted octanol–water partition coefficient (Wildman–Crippen LogP) is 23.9. The number of rotatable bonds is 16. The molecule has 4 heterocycles. The third-order valence-corrected chi connectivity index (χ3v) is 37.7. The second-order valence-electron chi connectivity index (χ2n) is 37.3. The molecule has 0 N–H and O–H groups in total. The maximum absolute atomic E-state index is 10.9. The summed E-state index contributed by atoms with van der Waals surface area (Å²) in [6, 6.07) is 180. The van der Waals surface area contributed by atoms with Crippen molar-refractivity contribution in [1.29, 1.82) is 5.26 Å². The van der Waals surface area contributed by atoms with E-state index in [4.69, 9.17) is 0 Å². The van der Waals surface area contributed by atoms with Gasteiger partial charge in [-0.05, 0) is 204 Å². The largest absolute Gasteiger partial charge is 0.311 e.